The van der Waals surface area contributed by atoms with Gasteiger partial charge < -0.3 is 5.11 Å². The van der Waals surface area contributed by atoms with Crippen molar-refractivity contribution in [3.8, 4) is 0 Å². The standard InChI is InChI=1S/C15H14Cl2N4O3/c16-10-4-2-9(3-5-10)8-21-11-12(18-14(21)17)19-15(24)20(13(11)23)6-1-7-22/h2-5,22H,1,6-8H2,(H,19,23,24)/p+1. The third-order valence-corrected chi connectivity index (χ3v) is 4.24. The van der Waals surface area contributed by atoms with Crippen molar-refractivity contribution in [2.24, 2.45) is 0 Å². The number of aliphatic hydroxyl groups is 1. The zero-order chi connectivity index (χ0) is 17.3. The predicted octanol–water partition coefficient (Wildman–Crippen LogP) is 1.04. The van der Waals surface area contributed by atoms with E-state index >= 15 is 0 Å². The van der Waals surface area contributed by atoms with Crippen molar-refractivity contribution in [2.75, 3.05) is 6.61 Å². The Morgan fingerprint density at radius 2 is 1.83 bits per heavy atom. The lowest BCUT2D eigenvalue weighted by Gasteiger charge is -2.03. The molecule has 0 unspecified atom stereocenters. The first-order valence-electron chi connectivity index (χ1n) is 7.30. The fourth-order valence-electron chi connectivity index (χ4n) is 2.52. The van der Waals surface area contributed by atoms with E-state index in [9.17, 15) is 9.59 Å². The summed E-state index contributed by atoms with van der Waals surface area (Å²) >= 11 is 12.1. The number of nitrogens with zero attached hydrogens (tertiary/aromatic N) is 2. The average Bonchev–Trinajstić information content (AvgIpc) is 2.85. The molecule has 7 nitrogen and oxygen atoms in total. The highest BCUT2D eigenvalue weighted by atomic mass is 35.5. The van der Waals surface area contributed by atoms with Crippen LogP contribution < -0.4 is 15.8 Å². The number of aliphatic hydroxyl groups excluding tert-OH is 1. The number of hydrogen-bond donors (Lipinski definition) is 3. The van der Waals surface area contributed by atoms with Gasteiger partial charge in [-0.15, -0.1) is 0 Å². The molecule has 0 saturated heterocycles. The Morgan fingerprint density at radius 1 is 1.12 bits per heavy atom. The lowest BCUT2D eigenvalue weighted by molar-refractivity contribution is -0.660. The summed E-state index contributed by atoms with van der Waals surface area (Å²) in [7, 11) is 0. The van der Waals surface area contributed by atoms with Gasteiger partial charge in [0.25, 0.3) is 11.2 Å². The van der Waals surface area contributed by atoms with Crippen molar-refractivity contribution in [3.05, 3.63) is 61.0 Å². The summed E-state index contributed by atoms with van der Waals surface area (Å²) in [6.45, 7) is 0.365. The molecule has 126 valence electrons. The third-order valence-electron chi connectivity index (χ3n) is 3.69. The Balaban J connectivity index is 2.13. The highest BCUT2D eigenvalue weighted by Crippen LogP contribution is 2.11. The summed E-state index contributed by atoms with van der Waals surface area (Å²) < 4.78 is 2.65. The minimum atomic E-state index is -0.544. The highest BCUT2D eigenvalue weighted by molar-refractivity contribution is 6.30. The van der Waals surface area contributed by atoms with Gasteiger partial charge in [0.1, 0.15) is 6.54 Å². The topological polar surface area (TPSA) is 94.8 Å². The van der Waals surface area contributed by atoms with E-state index in [0.717, 1.165) is 10.1 Å². The van der Waals surface area contributed by atoms with Gasteiger partial charge in [-0.1, -0.05) is 23.7 Å². The average molecular weight is 370 g/mol. The summed E-state index contributed by atoms with van der Waals surface area (Å²) in [6, 6.07) is 7.17. The zero-order valence-electron chi connectivity index (χ0n) is 12.6. The van der Waals surface area contributed by atoms with Crippen molar-refractivity contribution < 1.29 is 9.67 Å². The second-order valence-electron chi connectivity index (χ2n) is 5.32. The van der Waals surface area contributed by atoms with Crippen LogP contribution in [0.25, 0.3) is 11.2 Å². The van der Waals surface area contributed by atoms with E-state index in [2.05, 4.69) is 9.97 Å². The van der Waals surface area contributed by atoms with Gasteiger partial charge in [0.05, 0.1) is 0 Å². The minimum absolute atomic E-state index is 0.109. The largest absolute Gasteiger partial charge is 0.396 e. The van der Waals surface area contributed by atoms with E-state index in [-0.39, 0.29) is 29.6 Å². The number of halogens is 2. The van der Waals surface area contributed by atoms with Crippen LogP contribution in [0.4, 0.5) is 0 Å². The van der Waals surface area contributed by atoms with E-state index in [1.54, 1.807) is 16.7 Å². The Hall–Kier alpha value is -2.09. The minimum Gasteiger partial charge on any atom is -0.396 e. The molecular formula is C15H15Cl2N4O3+. The van der Waals surface area contributed by atoms with Crippen LogP contribution in [-0.2, 0) is 13.1 Å². The number of H-pyrrole nitrogens is 2. The third kappa shape index (κ3) is 3.10. The molecule has 0 atom stereocenters. The van der Waals surface area contributed by atoms with Crippen LogP contribution in [0.15, 0.2) is 33.9 Å². The normalized spacial score (nSPS) is 11.3. The molecule has 3 N–H and O–H groups in total. The number of aromatic nitrogens is 4. The summed E-state index contributed by atoms with van der Waals surface area (Å²) in [5.41, 5.74) is 0.438. The SMILES string of the molecule is O=c1[nH]c2[nH]c(Cl)[n+](Cc3ccc(Cl)cc3)c2c(=O)n1CCCO. The fraction of sp³-hybridized carbons (Fsp3) is 0.267. The number of imidazole rings is 1. The first-order valence-corrected chi connectivity index (χ1v) is 8.06. The summed E-state index contributed by atoms with van der Waals surface area (Å²) in [4.78, 5) is 30.1. The molecule has 1 aromatic carbocycles. The molecule has 0 bridgehead atoms. The van der Waals surface area contributed by atoms with Gasteiger partial charge in [0, 0.05) is 29.8 Å². The molecule has 0 aliphatic carbocycles. The second-order valence-corrected chi connectivity index (χ2v) is 6.11. The Kier molecular flexibility index (Phi) is 4.75. The molecule has 2 heterocycles. The van der Waals surface area contributed by atoms with E-state index in [1.807, 2.05) is 12.1 Å². The molecule has 0 radical (unpaired) electrons. The Labute approximate surface area is 146 Å². The first-order chi connectivity index (χ1) is 11.5. The van der Waals surface area contributed by atoms with Crippen LogP contribution in [0.2, 0.25) is 10.3 Å². The molecule has 3 aromatic rings. The van der Waals surface area contributed by atoms with Crippen LogP contribution in [0.1, 0.15) is 12.0 Å². The van der Waals surface area contributed by atoms with Crippen molar-refractivity contribution in [2.45, 2.75) is 19.5 Å². The fourth-order valence-corrected chi connectivity index (χ4v) is 2.89. The molecule has 24 heavy (non-hydrogen) atoms. The Morgan fingerprint density at radius 3 is 2.50 bits per heavy atom. The maximum Gasteiger partial charge on any atom is 0.355 e. The van der Waals surface area contributed by atoms with Crippen LogP contribution in [0.5, 0.6) is 0 Å². The summed E-state index contributed by atoms with van der Waals surface area (Å²) in [5.74, 6) is 0. The smallest absolute Gasteiger partial charge is 0.355 e. The quantitative estimate of drug-likeness (QED) is 0.463. The van der Waals surface area contributed by atoms with E-state index in [1.165, 1.54) is 0 Å². The van der Waals surface area contributed by atoms with Gasteiger partial charge in [0.15, 0.2) is 0 Å². The first kappa shape index (κ1) is 16.8. The van der Waals surface area contributed by atoms with Crippen molar-refractivity contribution >= 4 is 34.4 Å². The van der Waals surface area contributed by atoms with Crippen molar-refractivity contribution in [1.29, 1.82) is 0 Å². The monoisotopic (exact) mass is 369 g/mol. The number of hydrogen-bond acceptors (Lipinski definition) is 3. The summed E-state index contributed by atoms with van der Waals surface area (Å²) in [6.07, 6.45) is 0.309. The maximum absolute atomic E-state index is 12.7. The lowest BCUT2D eigenvalue weighted by atomic mass is 10.2. The van der Waals surface area contributed by atoms with Gasteiger partial charge in [0.2, 0.25) is 0 Å². The van der Waals surface area contributed by atoms with Crippen molar-refractivity contribution in [1.82, 2.24) is 14.5 Å². The molecule has 2 aromatic heterocycles. The van der Waals surface area contributed by atoms with Crippen LogP contribution in [-0.4, -0.2) is 26.2 Å². The van der Waals surface area contributed by atoms with Crippen LogP contribution >= 0.6 is 23.2 Å². The van der Waals surface area contributed by atoms with Gasteiger partial charge in [-0.3, -0.25) is 14.3 Å². The second kappa shape index (κ2) is 6.80. The summed E-state index contributed by atoms with van der Waals surface area (Å²) in [5, 5.41) is 9.77. The molecular weight excluding hydrogens is 355 g/mol. The predicted molar refractivity (Wildman–Crippen MR) is 90.6 cm³/mol. The van der Waals surface area contributed by atoms with Gasteiger partial charge in [-0.25, -0.2) is 14.3 Å². The molecule has 9 heteroatoms. The van der Waals surface area contributed by atoms with Gasteiger partial charge >= 0.3 is 16.5 Å². The number of benzene rings is 1. The number of nitrogens with one attached hydrogen (secondary N) is 2. The molecule has 0 spiro atoms. The Bertz CT molecular complexity index is 989. The molecule has 0 fully saturated rings. The molecule has 0 amide bonds. The maximum atomic E-state index is 12.7. The van der Waals surface area contributed by atoms with E-state index < -0.39 is 11.2 Å². The van der Waals surface area contributed by atoms with Crippen molar-refractivity contribution in [3.63, 3.8) is 0 Å². The molecule has 0 aliphatic heterocycles. The molecule has 3 rings (SSSR count). The van der Waals surface area contributed by atoms with Gasteiger partial charge in [-0.05, 0) is 24.1 Å². The zero-order valence-corrected chi connectivity index (χ0v) is 14.1. The number of aromatic amines is 2. The lowest BCUT2D eigenvalue weighted by Crippen LogP contribution is -2.43. The van der Waals surface area contributed by atoms with E-state index in [4.69, 9.17) is 28.3 Å². The molecule has 0 saturated carbocycles. The highest BCUT2D eigenvalue weighted by Gasteiger charge is 2.23. The van der Waals surface area contributed by atoms with Gasteiger partial charge in [-0.2, -0.15) is 0 Å². The number of fused-ring (bicyclic) bond motifs is 1. The van der Waals surface area contributed by atoms with E-state index in [0.29, 0.717) is 18.0 Å². The number of rotatable bonds is 5. The molecule has 0 aliphatic rings. The van der Waals surface area contributed by atoms with Crippen LogP contribution in [0.3, 0.4) is 0 Å². The van der Waals surface area contributed by atoms with Crippen LogP contribution in [0, 0.1) is 0 Å².